The first-order valence-electron chi connectivity index (χ1n) is 13.2. The molecular formula is C28H47NO2. The van der Waals surface area contributed by atoms with Crippen molar-refractivity contribution in [2.75, 3.05) is 18.5 Å². The summed E-state index contributed by atoms with van der Waals surface area (Å²) in [6.45, 7) is 3.31. The van der Waals surface area contributed by atoms with Gasteiger partial charge < -0.3 is 10.0 Å². The molecule has 0 bridgehead atoms. The smallest absolute Gasteiger partial charge is 0.335 e. The zero-order chi connectivity index (χ0) is 22.3. The Balaban J connectivity index is 1.44. The van der Waals surface area contributed by atoms with Crippen molar-refractivity contribution < 1.29 is 9.90 Å². The maximum absolute atomic E-state index is 11.3. The predicted octanol–water partition coefficient (Wildman–Crippen LogP) is 8.57. The summed E-state index contributed by atoms with van der Waals surface area (Å²) in [5.74, 6) is -0.329. The maximum Gasteiger partial charge on any atom is 0.335 e. The molecule has 176 valence electrons. The van der Waals surface area contributed by atoms with Crippen molar-refractivity contribution in [1.29, 1.82) is 0 Å². The Morgan fingerprint density at radius 1 is 0.839 bits per heavy atom. The zero-order valence-electron chi connectivity index (χ0n) is 20.3. The highest BCUT2D eigenvalue weighted by Crippen LogP contribution is 2.38. The number of nitrogens with zero attached hydrogens (tertiary/aromatic N) is 1. The van der Waals surface area contributed by atoms with Crippen LogP contribution in [-0.2, 0) is 0 Å². The largest absolute Gasteiger partial charge is 0.478 e. The Morgan fingerprint density at radius 3 is 1.81 bits per heavy atom. The second-order valence-corrected chi connectivity index (χ2v) is 9.75. The first-order chi connectivity index (χ1) is 15.1. The third kappa shape index (κ3) is 9.66. The Bertz CT molecular complexity index is 627. The number of benzene rings is 1. The molecule has 3 heteroatoms. The molecule has 1 unspecified atom stereocenters. The number of aromatic carboxylic acids is 1. The van der Waals surface area contributed by atoms with Gasteiger partial charge in [0.15, 0.2) is 0 Å². The van der Waals surface area contributed by atoms with Gasteiger partial charge >= 0.3 is 5.97 Å². The number of hydrogen-bond acceptors (Lipinski definition) is 2. The number of carboxylic acids is 1. The average Bonchev–Trinajstić information content (AvgIpc) is 3.08. The van der Waals surface area contributed by atoms with E-state index >= 15 is 0 Å². The summed E-state index contributed by atoms with van der Waals surface area (Å²) >= 11 is 0. The van der Waals surface area contributed by atoms with Crippen molar-refractivity contribution in [2.24, 2.45) is 0 Å². The molecule has 1 aromatic rings. The number of carboxylic acid groups (broad SMARTS) is 1. The number of carbonyl (C=O) groups is 1. The van der Waals surface area contributed by atoms with E-state index in [0.29, 0.717) is 11.5 Å². The highest BCUT2D eigenvalue weighted by Gasteiger charge is 2.26. The van der Waals surface area contributed by atoms with Crippen molar-refractivity contribution in [1.82, 2.24) is 0 Å². The van der Waals surface area contributed by atoms with E-state index in [1.165, 1.54) is 120 Å². The van der Waals surface area contributed by atoms with Crippen LogP contribution in [0.2, 0.25) is 0 Å². The molecule has 31 heavy (non-hydrogen) atoms. The second-order valence-electron chi connectivity index (χ2n) is 9.75. The molecular weight excluding hydrogens is 382 g/mol. The third-order valence-electron chi connectivity index (χ3n) is 7.03. The van der Waals surface area contributed by atoms with Crippen LogP contribution in [0.1, 0.15) is 138 Å². The van der Waals surface area contributed by atoms with Gasteiger partial charge in [0, 0.05) is 25.2 Å². The quantitative estimate of drug-likeness (QED) is 0.238. The highest BCUT2D eigenvalue weighted by molar-refractivity contribution is 5.89. The predicted molar refractivity (Wildman–Crippen MR) is 134 cm³/mol. The topological polar surface area (TPSA) is 40.5 Å². The van der Waals surface area contributed by atoms with E-state index in [4.69, 9.17) is 0 Å². The Kier molecular flexibility index (Phi) is 12.7. The van der Waals surface area contributed by atoms with E-state index in [-0.39, 0.29) is 0 Å². The average molecular weight is 430 g/mol. The molecule has 1 aliphatic heterocycles. The normalized spacial score (nSPS) is 15.4. The maximum atomic E-state index is 11.3. The molecule has 1 aromatic carbocycles. The van der Waals surface area contributed by atoms with E-state index in [1.54, 1.807) is 6.07 Å². The molecule has 3 nitrogen and oxygen atoms in total. The van der Waals surface area contributed by atoms with Crippen LogP contribution in [-0.4, -0.2) is 24.7 Å². The van der Waals surface area contributed by atoms with Crippen LogP contribution >= 0.6 is 0 Å². The molecule has 0 aromatic heterocycles. The molecule has 0 amide bonds. The molecule has 1 heterocycles. The van der Waals surface area contributed by atoms with E-state index in [1.807, 2.05) is 12.1 Å². The summed E-state index contributed by atoms with van der Waals surface area (Å²) in [6.07, 6.45) is 23.6. The van der Waals surface area contributed by atoms with Crippen molar-refractivity contribution in [2.45, 2.75) is 122 Å². The first kappa shape index (κ1) is 25.7. The van der Waals surface area contributed by atoms with Crippen molar-refractivity contribution in [3.05, 3.63) is 29.3 Å². The fourth-order valence-electron chi connectivity index (χ4n) is 5.08. The Hall–Kier alpha value is -1.51. The lowest BCUT2D eigenvalue weighted by Gasteiger charge is -2.12. The van der Waals surface area contributed by atoms with Gasteiger partial charge in [-0.05, 0) is 30.2 Å². The summed E-state index contributed by atoms with van der Waals surface area (Å²) in [6, 6.07) is 5.61. The van der Waals surface area contributed by atoms with E-state index in [2.05, 4.69) is 18.9 Å². The van der Waals surface area contributed by atoms with Crippen molar-refractivity contribution in [3.8, 4) is 0 Å². The van der Waals surface area contributed by atoms with Crippen LogP contribution in [0.15, 0.2) is 18.2 Å². The lowest BCUT2D eigenvalue weighted by atomic mass is 9.93. The number of rotatable bonds is 18. The zero-order valence-corrected chi connectivity index (χ0v) is 20.3. The van der Waals surface area contributed by atoms with Gasteiger partial charge in [-0.1, -0.05) is 110 Å². The van der Waals surface area contributed by atoms with Crippen LogP contribution in [0.3, 0.4) is 0 Å². The van der Waals surface area contributed by atoms with Gasteiger partial charge in [-0.25, -0.2) is 4.79 Å². The van der Waals surface area contributed by atoms with Crippen molar-refractivity contribution >= 4 is 11.7 Å². The number of fused-ring (bicyclic) bond motifs is 1. The minimum absolute atomic E-state index is 0.422. The van der Waals surface area contributed by atoms with E-state index in [9.17, 15) is 9.90 Å². The number of anilines is 1. The number of likely N-dealkylation sites (N-methyl/N-ethyl adjacent to an activating group) is 1. The molecule has 0 saturated carbocycles. The third-order valence-corrected chi connectivity index (χ3v) is 7.03. The molecule has 0 spiro atoms. The molecule has 0 radical (unpaired) electrons. The lowest BCUT2D eigenvalue weighted by Crippen LogP contribution is -2.15. The molecule has 1 aliphatic rings. The summed E-state index contributed by atoms with van der Waals surface area (Å²) in [7, 11) is 2.12. The fourth-order valence-corrected chi connectivity index (χ4v) is 5.08. The van der Waals surface area contributed by atoms with Crippen LogP contribution in [0.25, 0.3) is 0 Å². The van der Waals surface area contributed by atoms with Gasteiger partial charge in [0.25, 0.3) is 0 Å². The standard InChI is InChI=1S/C28H47NO2/c1-3-4-5-6-7-8-9-10-11-12-13-14-15-16-17-18-19-25-23-29(2)27-21-20-24(28(30)31)22-26(25)27/h20-22,25H,3-19,23H2,1-2H3,(H,30,31). The molecule has 1 atom stereocenters. The highest BCUT2D eigenvalue weighted by atomic mass is 16.4. The summed E-state index contributed by atoms with van der Waals surface area (Å²) < 4.78 is 0. The summed E-state index contributed by atoms with van der Waals surface area (Å²) in [5.41, 5.74) is 2.88. The number of unbranched alkanes of at least 4 members (excludes halogenated alkanes) is 15. The van der Waals surface area contributed by atoms with Gasteiger partial charge in [0.1, 0.15) is 0 Å². The molecule has 0 aliphatic carbocycles. The summed E-state index contributed by atoms with van der Waals surface area (Å²) in [4.78, 5) is 13.6. The van der Waals surface area contributed by atoms with Gasteiger partial charge in [-0.2, -0.15) is 0 Å². The Labute approximate surface area is 191 Å². The number of hydrogen-bond donors (Lipinski definition) is 1. The van der Waals surface area contributed by atoms with Crippen LogP contribution in [0.4, 0.5) is 5.69 Å². The van der Waals surface area contributed by atoms with Crippen molar-refractivity contribution in [3.63, 3.8) is 0 Å². The second kappa shape index (κ2) is 15.3. The molecule has 2 rings (SSSR count). The summed E-state index contributed by atoms with van der Waals surface area (Å²) in [5, 5.41) is 9.28. The van der Waals surface area contributed by atoms with Gasteiger partial charge in [-0.3, -0.25) is 0 Å². The SMILES string of the molecule is CCCCCCCCCCCCCCCCCCC1CN(C)c2ccc(C(=O)O)cc21. The molecule has 1 N–H and O–H groups in total. The first-order valence-corrected chi connectivity index (χ1v) is 13.2. The monoisotopic (exact) mass is 429 g/mol. The van der Waals surface area contributed by atoms with Gasteiger partial charge in [0.2, 0.25) is 0 Å². The minimum Gasteiger partial charge on any atom is -0.478 e. The van der Waals surface area contributed by atoms with Gasteiger partial charge in [-0.15, -0.1) is 0 Å². The van der Waals surface area contributed by atoms with Crippen LogP contribution in [0.5, 0.6) is 0 Å². The lowest BCUT2D eigenvalue weighted by molar-refractivity contribution is 0.0697. The van der Waals surface area contributed by atoms with E-state index < -0.39 is 5.97 Å². The molecule has 0 fully saturated rings. The fraction of sp³-hybridized carbons (Fsp3) is 0.750. The Morgan fingerprint density at radius 2 is 1.32 bits per heavy atom. The molecule has 0 saturated heterocycles. The van der Waals surface area contributed by atoms with Crippen LogP contribution in [0, 0.1) is 0 Å². The van der Waals surface area contributed by atoms with E-state index in [0.717, 1.165) is 6.54 Å². The van der Waals surface area contributed by atoms with Gasteiger partial charge in [0.05, 0.1) is 5.56 Å². The van der Waals surface area contributed by atoms with Crippen LogP contribution < -0.4 is 4.90 Å². The minimum atomic E-state index is -0.821.